The third-order valence-electron chi connectivity index (χ3n) is 4.06. The Balaban J connectivity index is 1.50. The Hall–Kier alpha value is -3.56. The van der Waals surface area contributed by atoms with Gasteiger partial charge >= 0.3 is 0 Å². The molecule has 0 saturated carbocycles. The predicted octanol–water partition coefficient (Wildman–Crippen LogP) is 4.14. The molecule has 2 aromatic heterocycles. The Labute approximate surface area is 177 Å². The number of hydrogen-bond acceptors (Lipinski definition) is 6. The minimum Gasteiger partial charge on any atom is -0.321 e. The number of nitrogens with one attached hydrogen (secondary N) is 2. The number of aromatic nitrogens is 2. The van der Waals surface area contributed by atoms with Crippen molar-refractivity contribution in [2.24, 2.45) is 0 Å². The van der Waals surface area contributed by atoms with Crippen molar-refractivity contribution in [3.63, 3.8) is 0 Å². The van der Waals surface area contributed by atoms with E-state index in [9.17, 15) is 13.2 Å². The van der Waals surface area contributed by atoms with Crippen molar-refractivity contribution in [1.82, 2.24) is 9.97 Å². The number of carbonyl (C=O) groups is 1. The van der Waals surface area contributed by atoms with Crippen LogP contribution in [0.5, 0.6) is 0 Å². The number of hydrogen-bond donors (Lipinski definition) is 2. The molecular formula is C21H16N4O3S2. The smallest absolute Gasteiger partial charge is 0.271 e. The quantitative estimate of drug-likeness (QED) is 0.442. The molecule has 0 radical (unpaired) electrons. The van der Waals surface area contributed by atoms with Gasteiger partial charge in [-0.1, -0.05) is 30.3 Å². The van der Waals surface area contributed by atoms with Crippen LogP contribution in [0.1, 0.15) is 5.69 Å². The van der Waals surface area contributed by atoms with Gasteiger partial charge in [0.15, 0.2) is 0 Å². The number of benzene rings is 2. The highest BCUT2D eigenvalue weighted by Crippen LogP contribution is 2.26. The van der Waals surface area contributed by atoms with E-state index in [1.165, 1.54) is 12.1 Å². The minimum absolute atomic E-state index is 0.193. The first-order chi connectivity index (χ1) is 14.5. The van der Waals surface area contributed by atoms with Crippen LogP contribution in [0.4, 0.5) is 11.4 Å². The van der Waals surface area contributed by atoms with Crippen molar-refractivity contribution in [2.75, 3.05) is 10.0 Å². The highest BCUT2D eigenvalue weighted by Gasteiger charge is 2.17. The van der Waals surface area contributed by atoms with Crippen LogP contribution in [0.3, 0.4) is 0 Å². The molecule has 0 spiro atoms. The number of fused-ring (bicyclic) bond motifs is 1. The van der Waals surface area contributed by atoms with E-state index in [0.717, 1.165) is 22.4 Å². The van der Waals surface area contributed by atoms with Crippen molar-refractivity contribution in [3.05, 3.63) is 84.0 Å². The molecule has 150 valence electrons. The van der Waals surface area contributed by atoms with Crippen LogP contribution in [-0.2, 0) is 14.8 Å². The van der Waals surface area contributed by atoms with Crippen LogP contribution in [0, 0.1) is 0 Å². The zero-order chi connectivity index (χ0) is 21.0. The third kappa shape index (κ3) is 4.53. The first kappa shape index (κ1) is 19.7. The van der Waals surface area contributed by atoms with Crippen molar-refractivity contribution in [2.45, 2.75) is 4.21 Å². The topological polar surface area (TPSA) is 101 Å². The maximum atomic E-state index is 12.5. The standard InChI is InChI=1S/C21H16N4O3S2/c26-20(12-11-15-14-22-16-6-1-2-7-17(16)23-15)24-18-8-3-4-9-19(18)25-30(27,28)21-10-5-13-29-21/h1-14,25H,(H,24,26). The van der Waals surface area contributed by atoms with E-state index in [2.05, 4.69) is 20.0 Å². The molecular weight excluding hydrogens is 420 g/mol. The Morgan fingerprint density at radius 2 is 1.67 bits per heavy atom. The maximum Gasteiger partial charge on any atom is 0.271 e. The first-order valence-corrected chi connectivity index (χ1v) is 11.2. The van der Waals surface area contributed by atoms with E-state index in [1.54, 1.807) is 48.0 Å². The number of para-hydroxylation sites is 4. The van der Waals surface area contributed by atoms with Gasteiger partial charge in [0, 0.05) is 6.08 Å². The molecule has 0 aliphatic heterocycles. The number of nitrogens with zero attached hydrogens (tertiary/aromatic N) is 2. The summed E-state index contributed by atoms with van der Waals surface area (Å²) in [6.07, 6.45) is 4.45. The van der Waals surface area contributed by atoms with Crippen LogP contribution >= 0.6 is 11.3 Å². The fourth-order valence-corrected chi connectivity index (χ4v) is 4.75. The summed E-state index contributed by atoms with van der Waals surface area (Å²) < 4.78 is 27.7. The summed E-state index contributed by atoms with van der Waals surface area (Å²) in [5, 5.41) is 4.37. The van der Waals surface area contributed by atoms with Gasteiger partial charge in [0.1, 0.15) is 4.21 Å². The number of carbonyl (C=O) groups excluding carboxylic acids is 1. The zero-order valence-corrected chi connectivity index (χ0v) is 17.2. The molecule has 0 atom stereocenters. The van der Waals surface area contributed by atoms with Gasteiger partial charge in [-0.05, 0) is 41.8 Å². The van der Waals surface area contributed by atoms with Crippen LogP contribution in [0.15, 0.2) is 82.5 Å². The van der Waals surface area contributed by atoms with E-state index in [1.807, 2.05) is 24.3 Å². The molecule has 2 aromatic carbocycles. The summed E-state index contributed by atoms with van der Waals surface area (Å²) in [4.78, 5) is 21.1. The van der Waals surface area contributed by atoms with E-state index < -0.39 is 15.9 Å². The number of sulfonamides is 1. The average Bonchev–Trinajstić information content (AvgIpc) is 3.29. The van der Waals surface area contributed by atoms with Crippen molar-refractivity contribution in [3.8, 4) is 0 Å². The highest BCUT2D eigenvalue weighted by molar-refractivity contribution is 7.94. The van der Waals surface area contributed by atoms with Crippen molar-refractivity contribution < 1.29 is 13.2 Å². The molecule has 0 saturated heterocycles. The van der Waals surface area contributed by atoms with E-state index in [-0.39, 0.29) is 9.90 Å². The second-order valence-electron chi connectivity index (χ2n) is 6.19. The molecule has 0 aliphatic carbocycles. The summed E-state index contributed by atoms with van der Waals surface area (Å²) in [6.45, 7) is 0. The Morgan fingerprint density at radius 3 is 2.43 bits per heavy atom. The average molecular weight is 437 g/mol. The van der Waals surface area contributed by atoms with Gasteiger partial charge in [-0.2, -0.15) is 0 Å². The second-order valence-corrected chi connectivity index (χ2v) is 9.05. The lowest BCUT2D eigenvalue weighted by Gasteiger charge is -2.11. The van der Waals surface area contributed by atoms with E-state index in [0.29, 0.717) is 11.4 Å². The van der Waals surface area contributed by atoms with Crippen LogP contribution < -0.4 is 10.0 Å². The lowest BCUT2D eigenvalue weighted by molar-refractivity contribution is -0.111. The van der Waals surface area contributed by atoms with Crippen LogP contribution in [-0.4, -0.2) is 24.3 Å². The molecule has 4 aromatic rings. The van der Waals surface area contributed by atoms with E-state index in [4.69, 9.17) is 0 Å². The van der Waals surface area contributed by atoms with Gasteiger partial charge in [-0.15, -0.1) is 11.3 Å². The molecule has 0 fully saturated rings. The fraction of sp³-hybridized carbons (Fsp3) is 0. The third-order valence-corrected chi connectivity index (χ3v) is 6.82. The number of rotatable bonds is 6. The van der Waals surface area contributed by atoms with Crippen molar-refractivity contribution >= 4 is 55.8 Å². The number of thiophene rings is 1. The van der Waals surface area contributed by atoms with Gasteiger partial charge < -0.3 is 5.32 Å². The van der Waals surface area contributed by atoms with Gasteiger partial charge in [-0.25, -0.2) is 13.4 Å². The van der Waals surface area contributed by atoms with Crippen molar-refractivity contribution in [1.29, 1.82) is 0 Å². The summed E-state index contributed by atoms with van der Waals surface area (Å²) >= 11 is 1.11. The Morgan fingerprint density at radius 1 is 0.933 bits per heavy atom. The van der Waals surface area contributed by atoms with Gasteiger partial charge in [0.05, 0.1) is 34.3 Å². The molecule has 0 unspecified atom stereocenters. The Bertz CT molecular complexity index is 1330. The summed E-state index contributed by atoms with van der Waals surface area (Å²) in [5.41, 5.74) is 2.66. The van der Waals surface area contributed by atoms with Gasteiger partial charge in [-0.3, -0.25) is 14.5 Å². The number of amides is 1. The summed E-state index contributed by atoms with van der Waals surface area (Å²) in [5.74, 6) is -0.423. The minimum atomic E-state index is -3.72. The fourth-order valence-electron chi connectivity index (χ4n) is 2.68. The number of anilines is 2. The molecule has 0 aliphatic rings. The second kappa shape index (κ2) is 8.44. The largest absolute Gasteiger partial charge is 0.321 e. The van der Waals surface area contributed by atoms with E-state index >= 15 is 0 Å². The highest BCUT2D eigenvalue weighted by atomic mass is 32.2. The normalized spacial score (nSPS) is 11.6. The van der Waals surface area contributed by atoms with Gasteiger partial charge in [0.25, 0.3) is 10.0 Å². The Kier molecular flexibility index (Phi) is 5.55. The molecule has 1 amide bonds. The molecule has 7 nitrogen and oxygen atoms in total. The first-order valence-electron chi connectivity index (χ1n) is 8.87. The monoisotopic (exact) mass is 436 g/mol. The lowest BCUT2D eigenvalue weighted by atomic mass is 10.2. The molecule has 9 heteroatoms. The summed E-state index contributed by atoms with van der Waals surface area (Å²) in [6, 6.07) is 17.2. The van der Waals surface area contributed by atoms with Crippen LogP contribution in [0.25, 0.3) is 17.1 Å². The van der Waals surface area contributed by atoms with Crippen LogP contribution in [0.2, 0.25) is 0 Å². The molecule has 30 heavy (non-hydrogen) atoms. The molecule has 2 heterocycles. The van der Waals surface area contributed by atoms with Gasteiger partial charge in [0.2, 0.25) is 5.91 Å². The lowest BCUT2D eigenvalue weighted by Crippen LogP contribution is -2.15. The zero-order valence-electron chi connectivity index (χ0n) is 15.5. The maximum absolute atomic E-state index is 12.5. The molecule has 4 rings (SSSR count). The summed E-state index contributed by atoms with van der Waals surface area (Å²) in [7, 11) is -3.72. The predicted molar refractivity (Wildman–Crippen MR) is 119 cm³/mol. The SMILES string of the molecule is O=C(C=Cc1cnc2ccccc2n1)Nc1ccccc1NS(=O)(=O)c1cccs1. The molecule has 0 bridgehead atoms. The molecule has 2 N–H and O–H groups in total.